The molecule has 0 bridgehead atoms. The van der Waals surface area contributed by atoms with Crippen molar-refractivity contribution >= 4 is 29.1 Å². The highest BCUT2D eigenvalue weighted by atomic mass is 35.5. The third-order valence-electron chi connectivity index (χ3n) is 2.38. The number of nitrogens with zero attached hydrogens (tertiary/aromatic N) is 2. The van der Waals surface area contributed by atoms with Gasteiger partial charge in [-0.05, 0) is 13.0 Å². The molecular weight excluding hydrogens is 258 g/mol. The predicted octanol–water partition coefficient (Wildman–Crippen LogP) is 1.11. The number of hydrogen-bond donors (Lipinski definition) is 2. The van der Waals surface area contributed by atoms with Gasteiger partial charge in [-0.1, -0.05) is 11.6 Å². The normalized spacial score (nSPS) is 10.6. The number of aromatic nitrogens is 2. The van der Waals surface area contributed by atoms with Crippen LogP contribution in [-0.2, 0) is 4.79 Å². The number of halogens is 1. The minimum absolute atomic E-state index is 0.308. The second kappa shape index (κ2) is 4.66. The van der Waals surface area contributed by atoms with Crippen LogP contribution >= 0.6 is 11.6 Å². The number of amides is 1. The topological polar surface area (TPSA) is 83.7 Å². The molecule has 2 aromatic heterocycles. The molecule has 0 aromatic carbocycles. The molecule has 0 atom stereocenters. The van der Waals surface area contributed by atoms with E-state index >= 15 is 0 Å². The van der Waals surface area contributed by atoms with Gasteiger partial charge in [-0.2, -0.15) is 0 Å². The van der Waals surface area contributed by atoms with Crippen molar-refractivity contribution < 1.29 is 14.7 Å². The fraction of sp³-hybridized carbons (Fsp3) is 0.182. The number of carbonyl (C=O) groups is 2. The lowest BCUT2D eigenvalue weighted by Gasteiger charge is -2.03. The van der Waals surface area contributed by atoms with Gasteiger partial charge in [0, 0.05) is 17.3 Å². The van der Waals surface area contributed by atoms with Crippen LogP contribution in [0.2, 0.25) is 5.02 Å². The van der Waals surface area contributed by atoms with Crippen LogP contribution in [-0.4, -0.2) is 32.9 Å². The van der Waals surface area contributed by atoms with Crippen LogP contribution in [0.15, 0.2) is 18.3 Å². The molecule has 0 fully saturated rings. The van der Waals surface area contributed by atoms with Crippen LogP contribution in [0.1, 0.15) is 16.2 Å². The number of rotatable bonds is 3. The van der Waals surface area contributed by atoms with E-state index in [0.29, 0.717) is 22.1 Å². The van der Waals surface area contributed by atoms with Gasteiger partial charge in [-0.15, -0.1) is 0 Å². The van der Waals surface area contributed by atoms with Crippen molar-refractivity contribution in [1.82, 2.24) is 14.7 Å². The summed E-state index contributed by atoms with van der Waals surface area (Å²) in [6.45, 7) is 1.25. The second-order valence-electron chi connectivity index (χ2n) is 3.70. The molecule has 0 saturated heterocycles. The Labute approximate surface area is 107 Å². The number of imidazole rings is 1. The van der Waals surface area contributed by atoms with Gasteiger partial charge in [-0.25, -0.2) is 4.98 Å². The summed E-state index contributed by atoms with van der Waals surface area (Å²) >= 11 is 5.83. The van der Waals surface area contributed by atoms with Gasteiger partial charge >= 0.3 is 5.97 Å². The highest BCUT2D eigenvalue weighted by Gasteiger charge is 2.16. The van der Waals surface area contributed by atoms with E-state index in [1.807, 2.05) is 0 Å². The smallest absolute Gasteiger partial charge is 0.322 e. The predicted molar refractivity (Wildman–Crippen MR) is 64.9 cm³/mol. The molecule has 0 unspecified atom stereocenters. The summed E-state index contributed by atoms with van der Waals surface area (Å²) in [5.74, 6) is -1.58. The number of carboxylic acids is 1. The molecule has 2 heterocycles. The zero-order valence-electron chi connectivity index (χ0n) is 9.48. The molecule has 2 rings (SSSR count). The summed E-state index contributed by atoms with van der Waals surface area (Å²) in [5, 5.41) is 11.3. The van der Waals surface area contributed by atoms with Gasteiger partial charge in [0.15, 0.2) is 0 Å². The first kappa shape index (κ1) is 12.4. The van der Waals surface area contributed by atoms with Gasteiger partial charge in [0.25, 0.3) is 5.91 Å². The molecule has 94 valence electrons. The summed E-state index contributed by atoms with van der Waals surface area (Å²) in [5.41, 5.74) is 1.36. The van der Waals surface area contributed by atoms with Crippen molar-refractivity contribution in [3.63, 3.8) is 0 Å². The Balaban J connectivity index is 2.41. The van der Waals surface area contributed by atoms with Gasteiger partial charge in [-0.3, -0.25) is 14.0 Å². The van der Waals surface area contributed by atoms with Crippen LogP contribution in [0.5, 0.6) is 0 Å². The quantitative estimate of drug-likeness (QED) is 0.873. The summed E-state index contributed by atoms with van der Waals surface area (Å²) in [4.78, 5) is 26.5. The fourth-order valence-electron chi connectivity index (χ4n) is 1.65. The standard InChI is InChI=1S/C11H10ClN3O3/c1-6-10(11(18)13-5-9(16)17)15-3-2-7(12)4-8(15)14-6/h2-4H,5H2,1H3,(H,13,18)(H,16,17). The van der Waals surface area contributed by atoms with Crippen LogP contribution in [0, 0.1) is 6.92 Å². The van der Waals surface area contributed by atoms with Gasteiger partial charge in [0.05, 0.1) is 5.69 Å². The minimum atomic E-state index is -1.10. The summed E-state index contributed by atoms with van der Waals surface area (Å²) in [6.07, 6.45) is 1.62. The lowest BCUT2D eigenvalue weighted by molar-refractivity contribution is -0.135. The first-order chi connectivity index (χ1) is 8.49. The van der Waals surface area contributed by atoms with Crippen molar-refractivity contribution in [1.29, 1.82) is 0 Å². The molecule has 0 aliphatic carbocycles. The van der Waals surface area contributed by atoms with E-state index in [0.717, 1.165) is 0 Å². The lowest BCUT2D eigenvalue weighted by Crippen LogP contribution is -2.30. The highest BCUT2D eigenvalue weighted by Crippen LogP contribution is 2.16. The molecule has 0 saturated carbocycles. The maximum absolute atomic E-state index is 11.9. The van der Waals surface area contributed by atoms with E-state index in [1.165, 1.54) is 0 Å². The minimum Gasteiger partial charge on any atom is -0.480 e. The van der Waals surface area contributed by atoms with Gasteiger partial charge in [0.1, 0.15) is 17.9 Å². The number of fused-ring (bicyclic) bond motifs is 1. The van der Waals surface area contributed by atoms with E-state index in [4.69, 9.17) is 16.7 Å². The zero-order chi connectivity index (χ0) is 13.3. The molecule has 0 aliphatic rings. The maximum Gasteiger partial charge on any atom is 0.322 e. The molecule has 0 radical (unpaired) electrons. The third-order valence-corrected chi connectivity index (χ3v) is 2.61. The molecule has 2 aromatic rings. The number of aliphatic carboxylic acids is 1. The summed E-state index contributed by atoms with van der Waals surface area (Å²) in [7, 11) is 0. The first-order valence-corrected chi connectivity index (χ1v) is 5.51. The zero-order valence-corrected chi connectivity index (χ0v) is 10.2. The molecule has 6 nitrogen and oxygen atoms in total. The number of nitrogens with one attached hydrogen (secondary N) is 1. The van der Waals surface area contributed by atoms with Crippen LogP contribution in [0.25, 0.3) is 5.65 Å². The Morgan fingerprint density at radius 2 is 2.28 bits per heavy atom. The van der Waals surface area contributed by atoms with E-state index in [2.05, 4.69) is 10.3 Å². The van der Waals surface area contributed by atoms with Gasteiger partial charge in [0.2, 0.25) is 0 Å². The van der Waals surface area contributed by atoms with Gasteiger partial charge < -0.3 is 10.4 Å². The Hall–Kier alpha value is -2.08. The van der Waals surface area contributed by atoms with Crippen molar-refractivity contribution in [2.45, 2.75) is 6.92 Å². The van der Waals surface area contributed by atoms with Crippen molar-refractivity contribution in [3.05, 3.63) is 34.7 Å². The molecule has 2 N–H and O–H groups in total. The first-order valence-electron chi connectivity index (χ1n) is 5.13. The summed E-state index contributed by atoms with van der Waals surface area (Å²) < 4.78 is 1.57. The van der Waals surface area contributed by atoms with Crippen molar-refractivity contribution in [2.24, 2.45) is 0 Å². The molecule has 7 heteroatoms. The largest absolute Gasteiger partial charge is 0.480 e. The molecule has 0 aliphatic heterocycles. The number of pyridine rings is 1. The second-order valence-corrected chi connectivity index (χ2v) is 4.13. The summed E-state index contributed by atoms with van der Waals surface area (Å²) in [6, 6.07) is 3.26. The lowest BCUT2D eigenvalue weighted by atomic mass is 10.3. The Morgan fingerprint density at radius 3 is 2.94 bits per heavy atom. The van der Waals surface area contributed by atoms with E-state index in [1.54, 1.807) is 29.7 Å². The Bertz CT molecular complexity index is 636. The van der Waals surface area contributed by atoms with Crippen molar-refractivity contribution in [2.75, 3.05) is 6.54 Å². The Morgan fingerprint density at radius 1 is 1.56 bits per heavy atom. The van der Waals surface area contributed by atoms with Crippen LogP contribution in [0.4, 0.5) is 0 Å². The molecular formula is C11H10ClN3O3. The molecule has 0 spiro atoms. The average molecular weight is 268 g/mol. The third kappa shape index (κ3) is 2.28. The highest BCUT2D eigenvalue weighted by molar-refractivity contribution is 6.30. The molecule has 18 heavy (non-hydrogen) atoms. The number of carboxylic acid groups (broad SMARTS) is 1. The monoisotopic (exact) mass is 267 g/mol. The average Bonchev–Trinajstić information content (AvgIpc) is 2.61. The number of hydrogen-bond acceptors (Lipinski definition) is 3. The fourth-order valence-corrected chi connectivity index (χ4v) is 1.80. The van der Waals surface area contributed by atoms with Crippen LogP contribution < -0.4 is 5.32 Å². The maximum atomic E-state index is 11.9. The van der Waals surface area contributed by atoms with E-state index in [9.17, 15) is 9.59 Å². The van der Waals surface area contributed by atoms with E-state index in [-0.39, 0.29) is 0 Å². The number of aryl methyl sites for hydroxylation is 1. The van der Waals surface area contributed by atoms with Crippen molar-refractivity contribution in [3.8, 4) is 0 Å². The SMILES string of the molecule is Cc1nc2cc(Cl)ccn2c1C(=O)NCC(=O)O. The van der Waals surface area contributed by atoms with E-state index < -0.39 is 18.4 Å². The number of carbonyl (C=O) groups excluding carboxylic acids is 1. The van der Waals surface area contributed by atoms with Crippen LogP contribution in [0.3, 0.4) is 0 Å². The molecule has 1 amide bonds. The Kier molecular flexibility index (Phi) is 3.20.